The number of para-hydroxylation sites is 1. The van der Waals surface area contributed by atoms with Gasteiger partial charge in [-0.05, 0) is 31.2 Å². The minimum absolute atomic E-state index is 0.0350. The standard InChI is InChI=1S/C15H17NO5S/c1-11(17)13-6-4-5-7-14(13)20-10-12-8-9-15(21-12)22(18,19)16(2)3/h4-9H,10H2,1-3H3. The first-order valence-corrected chi connectivity index (χ1v) is 8.00. The van der Waals surface area contributed by atoms with E-state index in [4.69, 9.17) is 9.15 Å². The van der Waals surface area contributed by atoms with E-state index in [-0.39, 0.29) is 17.5 Å². The number of hydrogen-bond acceptors (Lipinski definition) is 5. The monoisotopic (exact) mass is 323 g/mol. The highest BCUT2D eigenvalue weighted by molar-refractivity contribution is 7.88. The first kappa shape index (κ1) is 16.3. The minimum atomic E-state index is -3.60. The molecule has 0 amide bonds. The molecule has 2 rings (SSSR count). The molecule has 7 heteroatoms. The Morgan fingerprint density at radius 3 is 2.50 bits per heavy atom. The highest BCUT2D eigenvalue weighted by Crippen LogP contribution is 2.22. The van der Waals surface area contributed by atoms with Crippen LogP contribution in [0.25, 0.3) is 0 Å². The molecule has 0 fully saturated rings. The first-order valence-electron chi connectivity index (χ1n) is 6.56. The van der Waals surface area contributed by atoms with E-state index >= 15 is 0 Å². The number of benzene rings is 1. The normalized spacial score (nSPS) is 11.6. The van der Waals surface area contributed by atoms with Gasteiger partial charge < -0.3 is 9.15 Å². The van der Waals surface area contributed by atoms with Crippen molar-refractivity contribution in [2.75, 3.05) is 14.1 Å². The molecule has 0 unspecified atom stereocenters. The van der Waals surface area contributed by atoms with Crippen LogP contribution in [0.5, 0.6) is 5.75 Å². The molecular formula is C15H17NO5S. The van der Waals surface area contributed by atoms with E-state index in [2.05, 4.69) is 0 Å². The molecule has 0 aliphatic carbocycles. The second-order valence-corrected chi connectivity index (χ2v) is 6.93. The topological polar surface area (TPSA) is 76.8 Å². The number of rotatable bonds is 6. The Morgan fingerprint density at radius 2 is 1.86 bits per heavy atom. The van der Waals surface area contributed by atoms with E-state index in [0.717, 1.165) is 4.31 Å². The molecule has 22 heavy (non-hydrogen) atoms. The second-order valence-electron chi connectivity index (χ2n) is 4.85. The maximum atomic E-state index is 11.9. The van der Waals surface area contributed by atoms with Gasteiger partial charge in [-0.1, -0.05) is 12.1 Å². The van der Waals surface area contributed by atoms with Gasteiger partial charge in [0.25, 0.3) is 10.0 Å². The van der Waals surface area contributed by atoms with E-state index in [1.54, 1.807) is 24.3 Å². The van der Waals surface area contributed by atoms with Crippen LogP contribution in [0.4, 0.5) is 0 Å². The molecule has 0 aliphatic rings. The third kappa shape index (κ3) is 3.37. The number of ether oxygens (including phenoxy) is 1. The van der Waals surface area contributed by atoms with Crippen molar-refractivity contribution < 1.29 is 22.4 Å². The highest BCUT2D eigenvalue weighted by atomic mass is 32.2. The molecule has 1 aromatic heterocycles. The molecule has 1 aromatic carbocycles. The van der Waals surface area contributed by atoms with Crippen molar-refractivity contribution in [3.8, 4) is 5.75 Å². The summed E-state index contributed by atoms with van der Waals surface area (Å²) in [6.07, 6.45) is 0. The third-order valence-electron chi connectivity index (χ3n) is 3.01. The number of sulfonamides is 1. The number of Topliss-reactive ketones (excluding diaryl/α,β-unsaturated/α-hetero) is 1. The average molecular weight is 323 g/mol. The fraction of sp³-hybridized carbons (Fsp3) is 0.267. The second kappa shape index (κ2) is 6.33. The zero-order valence-corrected chi connectivity index (χ0v) is 13.4. The lowest BCUT2D eigenvalue weighted by atomic mass is 10.1. The molecule has 0 aliphatic heterocycles. The summed E-state index contributed by atoms with van der Waals surface area (Å²) >= 11 is 0. The fourth-order valence-electron chi connectivity index (χ4n) is 1.79. The maximum Gasteiger partial charge on any atom is 0.275 e. The van der Waals surface area contributed by atoms with E-state index in [1.807, 2.05) is 0 Å². The van der Waals surface area contributed by atoms with Crippen LogP contribution in [0.1, 0.15) is 23.0 Å². The Balaban J connectivity index is 2.14. The summed E-state index contributed by atoms with van der Waals surface area (Å²) in [4.78, 5) is 11.5. The van der Waals surface area contributed by atoms with Crippen LogP contribution in [0.3, 0.4) is 0 Å². The lowest BCUT2D eigenvalue weighted by Gasteiger charge is -2.09. The molecule has 118 valence electrons. The summed E-state index contributed by atoms with van der Waals surface area (Å²) in [6.45, 7) is 1.49. The minimum Gasteiger partial charge on any atom is -0.485 e. The van der Waals surface area contributed by atoms with Crippen LogP contribution in [-0.2, 0) is 16.6 Å². The molecule has 0 bridgehead atoms. The molecule has 0 atom stereocenters. The molecule has 0 spiro atoms. The maximum absolute atomic E-state index is 11.9. The Kier molecular flexibility index (Phi) is 4.68. The summed E-state index contributed by atoms with van der Waals surface area (Å²) in [5.41, 5.74) is 0.468. The quantitative estimate of drug-likeness (QED) is 0.762. The fourth-order valence-corrected chi connectivity index (χ4v) is 2.60. The molecular weight excluding hydrogens is 306 g/mol. The molecule has 1 heterocycles. The molecule has 0 saturated carbocycles. The van der Waals surface area contributed by atoms with Gasteiger partial charge >= 0.3 is 0 Å². The van der Waals surface area contributed by atoms with Gasteiger partial charge in [-0.3, -0.25) is 4.79 Å². The van der Waals surface area contributed by atoms with Gasteiger partial charge in [0.05, 0.1) is 5.56 Å². The highest BCUT2D eigenvalue weighted by Gasteiger charge is 2.21. The van der Waals surface area contributed by atoms with Gasteiger partial charge in [-0.25, -0.2) is 12.7 Å². The summed E-state index contributed by atoms with van der Waals surface area (Å²) in [5, 5.41) is -0.143. The third-order valence-corrected chi connectivity index (χ3v) is 4.70. The lowest BCUT2D eigenvalue weighted by Crippen LogP contribution is -2.21. The van der Waals surface area contributed by atoms with Crippen molar-refractivity contribution in [3.05, 3.63) is 47.7 Å². The van der Waals surface area contributed by atoms with Crippen molar-refractivity contribution in [3.63, 3.8) is 0 Å². The van der Waals surface area contributed by atoms with Crippen LogP contribution in [0.15, 0.2) is 45.9 Å². The predicted octanol–water partition coefficient (Wildman–Crippen LogP) is 2.31. The Bertz CT molecular complexity index is 777. The molecule has 6 nitrogen and oxygen atoms in total. The summed E-state index contributed by atoms with van der Waals surface area (Å²) in [5.74, 6) is 0.688. The van der Waals surface area contributed by atoms with Crippen LogP contribution in [0.2, 0.25) is 0 Å². The van der Waals surface area contributed by atoms with Crippen LogP contribution >= 0.6 is 0 Å². The predicted molar refractivity (Wildman–Crippen MR) is 80.4 cm³/mol. The van der Waals surface area contributed by atoms with Crippen molar-refractivity contribution in [2.24, 2.45) is 0 Å². The van der Waals surface area contributed by atoms with Crippen LogP contribution < -0.4 is 4.74 Å². The number of carbonyl (C=O) groups is 1. The van der Waals surface area contributed by atoms with Gasteiger partial charge in [0.15, 0.2) is 5.78 Å². The summed E-state index contributed by atoms with van der Waals surface area (Å²) in [6, 6.07) is 9.76. The summed E-state index contributed by atoms with van der Waals surface area (Å²) in [7, 11) is -0.748. The number of nitrogens with zero attached hydrogens (tertiary/aromatic N) is 1. The zero-order chi connectivity index (χ0) is 16.3. The molecule has 0 N–H and O–H groups in total. The SMILES string of the molecule is CC(=O)c1ccccc1OCc1ccc(S(=O)(=O)N(C)C)o1. The van der Waals surface area contributed by atoms with Crippen LogP contribution in [0, 0.1) is 0 Å². The molecule has 0 saturated heterocycles. The van der Waals surface area contributed by atoms with Gasteiger partial charge in [-0.15, -0.1) is 0 Å². The number of carbonyl (C=O) groups excluding carboxylic acids is 1. The van der Waals surface area contributed by atoms with Crippen molar-refractivity contribution in [2.45, 2.75) is 18.6 Å². The number of hydrogen-bond donors (Lipinski definition) is 0. The van der Waals surface area contributed by atoms with Gasteiger partial charge in [0, 0.05) is 14.1 Å². The Hall–Kier alpha value is -2.12. The van der Waals surface area contributed by atoms with E-state index < -0.39 is 10.0 Å². The Morgan fingerprint density at radius 1 is 1.18 bits per heavy atom. The van der Waals surface area contributed by atoms with E-state index in [9.17, 15) is 13.2 Å². The molecule has 0 radical (unpaired) electrons. The zero-order valence-electron chi connectivity index (χ0n) is 12.6. The van der Waals surface area contributed by atoms with E-state index in [1.165, 1.54) is 33.2 Å². The lowest BCUT2D eigenvalue weighted by molar-refractivity contribution is 0.101. The average Bonchev–Trinajstić information content (AvgIpc) is 2.94. The first-order chi connectivity index (χ1) is 10.3. The summed E-state index contributed by atoms with van der Waals surface area (Å²) < 4.78 is 35.7. The van der Waals surface area contributed by atoms with Gasteiger partial charge in [0.1, 0.15) is 18.1 Å². The van der Waals surface area contributed by atoms with Crippen molar-refractivity contribution >= 4 is 15.8 Å². The van der Waals surface area contributed by atoms with Gasteiger partial charge in [0.2, 0.25) is 5.09 Å². The Labute approximate surface area is 129 Å². The van der Waals surface area contributed by atoms with Crippen LogP contribution in [-0.4, -0.2) is 32.6 Å². The van der Waals surface area contributed by atoms with Crippen molar-refractivity contribution in [1.29, 1.82) is 0 Å². The van der Waals surface area contributed by atoms with Gasteiger partial charge in [-0.2, -0.15) is 0 Å². The van der Waals surface area contributed by atoms with E-state index in [0.29, 0.717) is 17.1 Å². The number of ketones is 1. The number of furan rings is 1. The largest absolute Gasteiger partial charge is 0.485 e. The molecule has 2 aromatic rings. The van der Waals surface area contributed by atoms with Crippen molar-refractivity contribution in [1.82, 2.24) is 4.31 Å². The smallest absolute Gasteiger partial charge is 0.275 e.